The molecule has 0 fully saturated rings. The van der Waals surface area contributed by atoms with Crippen LogP contribution in [-0.4, -0.2) is 9.97 Å². The highest BCUT2D eigenvalue weighted by molar-refractivity contribution is 6.05. The number of hydrogen-bond donors (Lipinski definition) is 0. The van der Waals surface area contributed by atoms with Crippen LogP contribution in [0.5, 0.6) is 0 Å². The van der Waals surface area contributed by atoms with Crippen molar-refractivity contribution in [2.24, 2.45) is 0 Å². The van der Waals surface area contributed by atoms with Gasteiger partial charge in [-0.1, -0.05) is 176 Å². The van der Waals surface area contributed by atoms with Crippen molar-refractivity contribution in [1.29, 1.82) is 0 Å². The van der Waals surface area contributed by atoms with Crippen LogP contribution in [0.1, 0.15) is 22.3 Å². The van der Waals surface area contributed by atoms with E-state index in [9.17, 15) is 0 Å². The molecule has 3 nitrogen and oxygen atoms in total. The Morgan fingerprint density at radius 2 is 0.893 bits per heavy atom. The maximum absolute atomic E-state index is 6.27. The number of aromatic nitrogens is 2. The van der Waals surface area contributed by atoms with Crippen molar-refractivity contribution >= 4 is 21.9 Å². The van der Waals surface area contributed by atoms with Gasteiger partial charge in [0.05, 0.1) is 16.8 Å². The van der Waals surface area contributed by atoms with Gasteiger partial charge in [0.25, 0.3) is 0 Å². The summed E-state index contributed by atoms with van der Waals surface area (Å²) in [4.78, 5) is 10.2. The summed E-state index contributed by atoms with van der Waals surface area (Å²) in [6.45, 7) is 0. The summed E-state index contributed by atoms with van der Waals surface area (Å²) in [5.41, 5.74) is 16.0. The SMILES string of the molecule is c1ccc(-c2nc(-c3ccc(-c4ccc5c(c4)C(c4ccccc4)(c4ccccc4)c4ccccc4-5)cc3)cc(-c3ccc4c(c3)oc3ccccc34)n2)cc1. The molecule has 11 rings (SSSR count). The van der Waals surface area contributed by atoms with Crippen molar-refractivity contribution in [2.75, 3.05) is 0 Å². The predicted molar refractivity (Wildman–Crippen MR) is 228 cm³/mol. The van der Waals surface area contributed by atoms with Gasteiger partial charge < -0.3 is 4.42 Å². The third-order valence-corrected chi connectivity index (χ3v) is 11.4. The van der Waals surface area contributed by atoms with E-state index in [1.54, 1.807) is 0 Å². The van der Waals surface area contributed by atoms with Crippen molar-refractivity contribution in [3.8, 4) is 56.2 Å². The Kier molecular flexibility index (Phi) is 7.39. The zero-order valence-corrected chi connectivity index (χ0v) is 30.4. The molecule has 0 spiro atoms. The number of hydrogen-bond acceptors (Lipinski definition) is 3. The van der Waals surface area contributed by atoms with E-state index in [4.69, 9.17) is 14.4 Å². The molecule has 0 aliphatic heterocycles. The molecule has 1 aliphatic rings. The van der Waals surface area contributed by atoms with Gasteiger partial charge in [-0.15, -0.1) is 0 Å². The van der Waals surface area contributed by atoms with Gasteiger partial charge >= 0.3 is 0 Å². The largest absolute Gasteiger partial charge is 0.456 e. The van der Waals surface area contributed by atoms with Crippen LogP contribution in [0.3, 0.4) is 0 Å². The first-order chi connectivity index (χ1) is 27.7. The highest BCUT2D eigenvalue weighted by atomic mass is 16.3. The van der Waals surface area contributed by atoms with Gasteiger partial charge in [0, 0.05) is 27.5 Å². The molecule has 0 N–H and O–H groups in total. The fraction of sp³-hybridized carbons (Fsp3) is 0.0189. The molecule has 2 aromatic heterocycles. The molecule has 0 saturated carbocycles. The third-order valence-electron chi connectivity index (χ3n) is 11.4. The van der Waals surface area contributed by atoms with E-state index in [0.29, 0.717) is 5.82 Å². The first-order valence-corrected chi connectivity index (χ1v) is 19.1. The second-order valence-corrected chi connectivity index (χ2v) is 14.5. The smallest absolute Gasteiger partial charge is 0.160 e. The van der Waals surface area contributed by atoms with Crippen LogP contribution in [0.2, 0.25) is 0 Å². The van der Waals surface area contributed by atoms with Crippen LogP contribution in [-0.2, 0) is 5.41 Å². The van der Waals surface area contributed by atoms with E-state index in [1.807, 2.05) is 36.4 Å². The van der Waals surface area contributed by atoms with Gasteiger partial charge in [-0.25, -0.2) is 9.97 Å². The number of benzene rings is 8. The van der Waals surface area contributed by atoms with Crippen molar-refractivity contribution < 1.29 is 4.42 Å². The summed E-state index contributed by atoms with van der Waals surface area (Å²) in [6.07, 6.45) is 0. The predicted octanol–water partition coefficient (Wildman–Crippen LogP) is 13.4. The van der Waals surface area contributed by atoms with E-state index < -0.39 is 5.41 Å². The molecule has 56 heavy (non-hydrogen) atoms. The highest BCUT2D eigenvalue weighted by Crippen LogP contribution is 2.56. The monoisotopic (exact) mass is 714 g/mol. The molecule has 3 heteroatoms. The lowest BCUT2D eigenvalue weighted by Gasteiger charge is -2.34. The zero-order valence-electron chi connectivity index (χ0n) is 30.4. The minimum absolute atomic E-state index is 0.443. The Morgan fingerprint density at radius 1 is 0.339 bits per heavy atom. The molecule has 0 bridgehead atoms. The van der Waals surface area contributed by atoms with Gasteiger partial charge in [-0.05, 0) is 74.8 Å². The Bertz CT molecular complexity index is 3020. The number of para-hydroxylation sites is 1. The van der Waals surface area contributed by atoms with Gasteiger partial charge in [0.2, 0.25) is 0 Å². The molecule has 8 aromatic carbocycles. The fourth-order valence-corrected chi connectivity index (χ4v) is 8.80. The average molecular weight is 715 g/mol. The molecule has 10 aromatic rings. The van der Waals surface area contributed by atoms with Crippen LogP contribution >= 0.6 is 0 Å². The summed E-state index contributed by atoms with van der Waals surface area (Å²) in [6, 6.07) is 73.4. The Hall–Kier alpha value is -7.36. The lowest BCUT2D eigenvalue weighted by atomic mass is 9.67. The lowest BCUT2D eigenvalue weighted by molar-refractivity contribution is 0.669. The summed E-state index contributed by atoms with van der Waals surface area (Å²) in [5.74, 6) is 0.684. The average Bonchev–Trinajstić information content (AvgIpc) is 3.80. The molecule has 1 aliphatic carbocycles. The number of rotatable bonds is 6. The van der Waals surface area contributed by atoms with Gasteiger partial charge in [-0.3, -0.25) is 0 Å². The first kappa shape index (κ1) is 32.1. The van der Waals surface area contributed by atoms with Crippen LogP contribution < -0.4 is 0 Å². The Balaban J connectivity index is 1.02. The molecule has 0 amide bonds. The van der Waals surface area contributed by atoms with Gasteiger partial charge in [-0.2, -0.15) is 0 Å². The number of nitrogens with zero attached hydrogens (tertiary/aromatic N) is 2. The maximum Gasteiger partial charge on any atom is 0.160 e. The standard InChI is InChI=1S/C53H34N2O/c1-4-14-37(15-5-1)52-54-48(34-49(55-52)39-29-31-45-44-21-11-13-23-50(44)56-51(45)33-39)36-26-24-35(25-27-36)38-28-30-43-42-20-10-12-22-46(42)53(47(43)32-38,40-16-6-2-7-17-40)41-18-8-3-9-19-41/h1-34H. The lowest BCUT2D eigenvalue weighted by Crippen LogP contribution is -2.28. The second-order valence-electron chi connectivity index (χ2n) is 14.5. The molecule has 262 valence electrons. The quantitative estimate of drug-likeness (QED) is 0.172. The van der Waals surface area contributed by atoms with E-state index in [2.05, 4.69) is 170 Å². The van der Waals surface area contributed by atoms with Crippen molar-refractivity contribution in [2.45, 2.75) is 5.41 Å². The second kappa shape index (κ2) is 12.9. The van der Waals surface area contributed by atoms with Crippen LogP contribution in [0, 0.1) is 0 Å². The first-order valence-electron chi connectivity index (χ1n) is 19.1. The van der Waals surface area contributed by atoms with Gasteiger partial charge in [0.15, 0.2) is 5.82 Å². The van der Waals surface area contributed by atoms with Crippen molar-refractivity contribution in [3.05, 3.63) is 229 Å². The molecule has 0 radical (unpaired) electrons. The van der Waals surface area contributed by atoms with Crippen molar-refractivity contribution in [3.63, 3.8) is 0 Å². The van der Waals surface area contributed by atoms with Crippen LogP contribution in [0.4, 0.5) is 0 Å². The van der Waals surface area contributed by atoms with Crippen LogP contribution in [0.25, 0.3) is 78.1 Å². The van der Waals surface area contributed by atoms with Crippen LogP contribution in [0.15, 0.2) is 211 Å². The minimum Gasteiger partial charge on any atom is -0.456 e. The Morgan fingerprint density at radius 3 is 1.64 bits per heavy atom. The van der Waals surface area contributed by atoms with E-state index in [1.165, 1.54) is 38.9 Å². The normalized spacial score (nSPS) is 12.8. The van der Waals surface area contributed by atoms with E-state index in [-0.39, 0.29) is 0 Å². The highest BCUT2D eigenvalue weighted by Gasteiger charge is 2.46. The van der Waals surface area contributed by atoms with Gasteiger partial charge in [0.1, 0.15) is 11.2 Å². The molecular formula is C53H34N2O. The fourth-order valence-electron chi connectivity index (χ4n) is 8.80. The zero-order chi connectivity index (χ0) is 37.1. The topological polar surface area (TPSA) is 38.9 Å². The Labute approximate surface area is 325 Å². The summed E-state index contributed by atoms with van der Waals surface area (Å²) < 4.78 is 6.27. The van der Waals surface area contributed by atoms with E-state index in [0.717, 1.165) is 55.6 Å². The summed E-state index contributed by atoms with van der Waals surface area (Å²) >= 11 is 0. The molecule has 0 atom stereocenters. The summed E-state index contributed by atoms with van der Waals surface area (Å²) in [5, 5.41) is 2.21. The maximum atomic E-state index is 6.27. The summed E-state index contributed by atoms with van der Waals surface area (Å²) in [7, 11) is 0. The van der Waals surface area contributed by atoms with E-state index >= 15 is 0 Å². The molecule has 0 unspecified atom stereocenters. The molecule has 2 heterocycles. The number of furan rings is 1. The minimum atomic E-state index is -0.443. The van der Waals surface area contributed by atoms with Crippen molar-refractivity contribution in [1.82, 2.24) is 9.97 Å². The number of fused-ring (bicyclic) bond motifs is 6. The molecule has 0 saturated heterocycles. The third kappa shape index (κ3) is 5.05. The molecular weight excluding hydrogens is 681 g/mol.